The molecule has 1 heterocycles. The van der Waals surface area contributed by atoms with Crippen molar-refractivity contribution in [2.45, 2.75) is 63.5 Å². The van der Waals surface area contributed by atoms with Crippen LogP contribution in [0.1, 0.15) is 51.9 Å². The molecule has 20 heavy (non-hydrogen) atoms. The minimum Gasteiger partial charge on any atom is -0.311 e. The highest BCUT2D eigenvalue weighted by molar-refractivity contribution is 7.90. The quantitative estimate of drug-likeness (QED) is 0.841. The number of nitrogens with one attached hydrogen (secondary N) is 1. The summed E-state index contributed by atoms with van der Waals surface area (Å²) in [5.74, 6) is 0.299. The summed E-state index contributed by atoms with van der Waals surface area (Å²) in [6.07, 6.45) is 10.1. The molecule has 4 nitrogen and oxygen atoms in total. The van der Waals surface area contributed by atoms with E-state index in [-0.39, 0.29) is 5.54 Å². The van der Waals surface area contributed by atoms with Crippen molar-refractivity contribution < 1.29 is 8.42 Å². The minimum atomic E-state index is -2.87. The van der Waals surface area contributed by atoms with Gasteiger partial charge in [-0.1, -0.05) is 32.6 Å². The van der Waals surface area contributed by atoms with Crippen molar-refractivity contribution in [3.63, 3.8) is 0 Å². The number of hydrogen-bond donors (Lipinski definition) is 1. The van der Waals surface area contributed by atoms with Crippen LogP contribution in [0.3, 0.4) is 0 Å². The first-order valence-corrected chi connectivity index (χ1v) is 10.2. The number of hydrogen-bond acceptors (Lipinski definition) is 4. The number of rotatable bonds is 5. The summed E-state index contributed by atoms with van der Waals surface area (Å²) in [4.78, 5) is 2.50. The molecule has 1 spiro atoms. The van der Waals surface area contributed by atoms with E-state index in [1.165, 1.54) is 51.2 Å². The molecule has 0 aromatic rings. The van der Waals surface area contributed by atoms with Crippen LogP contribution in [0.15, 0.2) is 0 Å². The van der Waals surface area contributed by atoms with Gasteiger partial charge in [-0.15, -0.1) is 0 Å². The van der Waals surface area contributed by atoms with Gasteiger partial charge in [0.15, 0.2) is 0 Å². The summed E-state index contributed by atoms with van der Waals surface area (Å²) in [5, 5.41) is 3.72. The zero-order valence-electron chi connectivity index (χ0n) is 13.0. The van der Waals surface area contributed by atoms with E-state index in [4.69, 9.17) is 0 Å². The van der Waals surface area contributed by atoms with E-state index in [1.54, 1.807) is 0 Å². The van der Waals surface area contributed by atoms with E-state index < -0.39 is 9.84 Å². The molecule has 118 valence electrons. The number of piperazine rings is 1. The van der Waals surface area contributed by atoms with Crippen LogP contribution < -0.4 is 5.32 Å². The molecule has 0 aromatic carbocycles. The Balaban J connectivity index is 2.05. The summed E-state index contributed by atoms with van der Waals surface area (Å²) in [6.45, 7) is 4.99. The van der Waals surface area contributed by atoms with E-state index in [2.05, 4.69) is 17.1 Å². The number of nitrogens with zero attached hydrogens (tertiary/aromatic N) is 1. The summed E-state index contributed by atoms with van der Waals surface area (Å²) in [5.41, 5.74) is 0.229. The van der Waals surface area contributed by atoms with Crippen molar-refractivity contribution in [3.05, 3.63) is 0 Å². The molecule has 5 heteroatoms. The lowest BCUT2D eigenvalue weighted by molar-refractivity contribution is 0.0133. The molecular formula is C15H30N2O2S. The molecule has 2 fully saturated rings. The molecule has 1 atom stereocenters. The van der Waals surface area contributed by atoms with Gasteiger partial charge in [0.05, 0.1) is 5.75 Å². The first-order chi connectivity index (χ1) is 9.45. The fourth-order valence-corrected chi connectivity index (χ4v) is 4.37. The van der Waals surface area contributed by atoms with Gasteiger partial charge in [0.1, 0.15) is 9.84 Å². The third-order valence-corrected chi connectivity index (χ3v) is 5.91. The Morgan fingerprint density at radius 1 is 1.25 bits per heavy atom. The average Bonchev–Trinajstić information content (AvgIpc) is 2.40. The Bertz CT molecular complexity index is 402. The third kappa shape index (κ3) is 4.18. The molecule has 1 N–H and O–H groups in total. The topological polar surface area (TPSA) is 49.4 Å². The second-order valence-electron chi connectivity index (χ2n) is 6.73. The molecule has 0 aromatic heterocycles. The fraction of sp³-hybridized carbons (Fsp3) is 1.00. The summed E-state index contributed by atoms with van der Waals surface area (Å²) < 4.78 is 23.0. The van der Waals surface area contributed by atoms with Gasteiger partial charge in [-0.25, -0.2) is 8.42 Å². The van der Waals surface area contributed by atoms with Crippen LogP contribution in [-0.4, -0.2) is 56.5 Å². The van der Waals surface area contributed by atoms with Crippen LogP contribution in [0.5, 0.6) is 0 Å². The Hall–Kier alpha value is -0.130. The second-order valence-corrected chi connectivity index (χ2v) is 8.99. The average molecular weight is 302 g/mol. The van der Waals surface area contributed by atoms with Crippen molar-refractivity contribution in [1.82, 2.24) is 10.2 Å². The van der Waals surface area contributed by atoms with Gasteiger partial charge in [-0.05, 0) is 19.3 Å². The first-order valence-electron chi connectivity index (χ1n) is 8.11. The highest BCUT2D eigenvalue weighted by Crippen LogP contribution is 2.35. The molecule has 1 aliphatic heterocycles. The normalized spacial score (nSPS) is 27.8. The van der Waals surface area contributed by atoms with Gasteiger partial charge in [0.2, 0.25) is 0 Å². The van der Waals surface area contributed by atoms with E-state index >= 15 is 0 Å². The largest absolute Gasteiger partial charge is 0.311 e. The molecule has 1 aliphatic carbocycles. The first kappa shape index (κ1) is 16.2. The maximum absolute atomic E-state index is 11.5. The predicted octanol–water partition coefficient (Wildman–Crippen LogP) is 1.81. The van der Waals surface area contributed by atoms with Gasteiger partial charge in [-0.3, -0.25) is 4.90 Å². The van der Waals surface area contributed by atoms with Crippen LogP contribution in [0, 0.1) is 0 Å². The standard InChI is InChI=1S/C15H30N2O2S/c1-3-7-14-12-17(10-11-20(2,18)19)15(13-16-14)8-5-4-6-9-15/h14,16H,3-13H2,1-2H3. The van der Waals surface area contributed by atoms with E-state index in [0.717, 1.165) is 13.1 Å². The SMILES string of the molecule is CCCC1CN(CCS(C)(=O)=O)C2(CCCCC2)CN1. The highest BCUT2D eigenvalue weighted by atomic mass is 32.2. The predicted molar refractivity (Wildman–Crippen MR) is 83.8 cm³/mol. The van der Waals surface area contributed by atoms with Gasteiger partial charge in [0.25, 0.3) is 0 Å². The summed E-state index contributed by atoms with van der Waals surface area (Å²) in [6, 6.07) is 0.534. The Labute approximate surface area is 124 Å². The van der Waals surface area contributed by atoms with Crippen LogP contribution in [0.25, 0.3) is 0 Å². The molecular weight excluding hydrogens is 272 g/mol. The van der Waals surface area contributed by atoms with Gasteiger partial charge in [-0.2, -0.15) is 0 Å². The lowest BCUT2D eigenvalue weighted by Gasteiger charge is -2.52. The maximum Gasteiger partial charge on any atom is 0.148 e. The van der Waals surface area contributed by atoms with Gasteiger partial charge < -0.3 is 5.32 Å². The van der Waals surface area contributed by atoms with Crippen LogP contribution >= 0.6 is 0 Å². The van der Waals surface area contributed by atoms with Crippen LogP contribution in [-0.2, 0) is 9.84 Å². The van der Waals surface area contributed by atoms with Crippen LogP contribution in [0.2, 0.25) is 0 Å². The van der Waals surface area contributed by atoms with Crippen molar-refractivity contribution >= 4 is 9.84 Å². The van der Waals surface area contributed by atoms with E-state index in [1.807, 2.05) is 0 Å². The molecule has 2 rings (SSSR count). The molecule has 2 aliphatic rings. The Morgan fingerprint density at radius 2 is 1.95 bits per heavy atom. The smallest absolute Gasteiger partial charge is 0.148 e. The van der Waals surface area contributed by atoms with Crippen molar-refractivity contribution in [2.75, 3.05) is 31.6 Å². The van der Waals surface area contributed by atoms with Crippen LogP contribution in [0.4, 0.5) is 0 Å². The van der Waals surface area contributed by atoms with Gasteiger partial charge in [0, 0.05) is 37.5 Å². The Morgan fingerprint density at radius 3 is 2.55 bits per heavy atom. The maximum atomic E-state index is 11.5. The highest BCUT2D eigenvalue weighted by Gasteiger charge is 2.41. The monoisotopic (exact) mass is 302 g/mol. The molecule has 0 radical (unpaired) electrons. The lowest BCUT2D eigenvalue weighted by Crippen LogP contribution is -2.65. The number of sulfone groups is 1. The molecule has 1 saturated heterocycles. The second kappa shape index (κ2) is 6.75. The van der Waals surface area contributed by atoms with E-state index in [9.17, 15) is 8.42 Å². The van der Waals surface area contributed by atoms with Crippen molar-refractivity contribution in [2.24, 2.45) is 0 Å². The molecule has 1 saturated carbocycles. The third-order valence-electron chi connectivity index (χ3n) is 4.98. The molecule has 0 bridgehead atoms. The van der Waals surface area contributed by atoms with Crippen molar-refractivity contribution in [3.8, 4) is 0 Å². The van der Waals surface area contributed by atoms with Crippen molar-refractivity contribution in [1.29, 1.82) is 0 Å². The minimum absolute atomic E-state index is 0.229. The molecule has 1 unspecified atom stereocenters. The summed E-state index contributed by atoms with van der Waals surface area (Å²) >= 11 is 0. The zero-order chi connectivity index (χ0) is 14.6. The zero-order valence-corrected chi connectivity index (χ0v) is 13.8. The Kier molecular flexibility index (Phi) is 5.49. The van der Waals surface area contributed by atoms with Gasteiger partial charge >= 0.3 is 0 Å². The molecule has 0 amide bonds. The lowest BCUT2D eigenvalue weighted by atomic mass is 9.78. The fourth-order valence-electron chi connectivity index (χ4n) is 3.82. The van der Waals surface area contributed by atoms with E-state index in [0.29, 0.717) is 18.3 Å². The summed E-state index contributed by atoms with van der Waals surface area (Å²) in [7, 11) is -2.87.